The van der Waals surface area contributed by atoms with Gasteiger partial charge in [-0.2, -0.15) is 0 Å². The zero-order valence-corrected chi connectivity index (χ0v) is 18.7. The Balaban J connectivity index is 1.54. The van der Waals surface area contributed by atoms with Crippen LogP contribution in [0.5, 0.6) is 0 Å². The van der Waals surface area contributed by atoms with E-state index in [1.807, 2.05) is 12.2 Å². The van der Waals surface area contributed by atoms with Crippen LogP contribution in [-0.2, 0) is 4.79 Å². The van der Waals surface area contributed by atoms with Gasteiger partial charge in [-0.1, -0.05) is 72.1 Å². The molecule has 7 atom stereocenters. The molecule has 0 aromatic rings. The molecule has 0 bridgehead atoms. The van der Waals surface area contributed by atoms with Crippen LogP contribution in [0.15, 0.2) is 36.0 Å². The maximum Gasteiger partial charge on any atom is 0.178 e. The van der Waals surface area contributed by atoms with Gasteiger partial charge >= 0.3 is 0 Å². The summed E-state index contributed by atoms with van der Waals surface area (Å²) < 4.78 is 0. The van der Waals surface area contributed by atoms with Gasteiger partial charge in [0.15, 0.2) is 5.78 Å². The maximum atomic E-state index is 11.9. The van der Waals surface area contributed by atoms with Crippen molar-refractivity contribution in [3.8, 4) is 0 Å². The molecule has 154 valence electrons. The minimum Gasteiger partial charge on any atom is -0.290 e. The molecule has 0 aromatic carbocycles. The first-order valence-electron chi connectivity index (χ1n) is 11.9. The molecule has 4 aliphatic rings. The molecule has 2 saturated carbocycles. The molecular weight excluding hydrogens is 340 g/mol. The molecule has 0 aromatic heterocycles. The smallest absolute Gasteiger partial charge is 0.178 e. The molecule has 1 unspecified atom stereocenters. The molecule has 1 nitrogen and oxygen atoms in total. The van der Waals surface area contributed by atoms with E-state index in [1.54, 1.807) is 0 Å². The van der Waals surface area contributed by atoms with Crippen molar-refractivity contribution in [2.24, 2.45) is 46.3 Å². The molecule has 2 fully saturated rings. The van der Waals surface area contributed by atoms with Crippen molar-refractivity contribution >= 4 is 5.78 Å². The van der Waals surface area contributed by atoms with Crippen molar-refractivity contribution in [2.45, 2.75) is 79.6 Å². The summed E-state index contributed by atoms with van der Waals surface area (Å²) >= 11 is 0. The summed E-state index contributed by atoms with van der Waals surface area (Å²) in [4.78, 5) is 11.9. The van der Waals surface area contributed by atoms with E-state index in [0.717, 1.165) is 23.7 Å². The minimum absolute atomic E-state index is 0.0651. The van der Waals surface area contributed by atoms with Gasteiger partial charge in [0.2, 0.25) is 0 Å². The standard InChI is InChI=1S/C27H40O/c1-18(2)7-6-8-19(3)23-11-12-24-22-10-9-20-17-21(28)13-15-26(20,4)25(22)14-16-27(23,24)5/h9-10,13,15,17-19,22-25H,6-8,11-12,14,16H2,1-5H3/t19-,22+,23?,24+,25+,26+,27-/m1/s1. The summed E-state index contributed by atoms with van der Waals surface area (Å²) in [5.74, 6) is 4.92. The van der Waals surface area contributed by atoms with E-state index in [2.05, 4.69) is 52.8 Å². The Labute approximate surface area is 172 Å². The molecule has 0 saturated heterocycles. The zero-order valence-electron chi connectivity index (χ0n) is 18.7. The van der Waals surface area contributed by atoms with Crippen LogP contribution < -0.4 is 0 Å². The molecule has 4 aliphatic carbocycles. The fraction of sp³-hybridized carbons (Fsp3) is 0.741. The Morgan fingerprint density at radius 3 is 2.57 bits per heavy atom. The SMILES string of the molecule is CC(C)CCC[C@@H](C)C1CC[C@H]2[C@@H]3C=CC4=CC(=O)C=C[C@]4(C)[C@H]3CC[C@]12C. The number of carbonyl (C=O) groups excluding carboxylic acids is 1. The average molecular weight is 381 g/mol. The van der Waals surface area contributed by atoms with Crippen LogP contribution in [0, 0.1) is 46.3 Å². The van der Waals surface area contributed by atoms with Gasteiger partial charge in [-0.05, 0) is 84.3 Å². The molecule has 0 N–H and O–H groups in total. The van der Waals surface area contributed by atoms with Crippen molar-refractivity contribution in [1.29, 1.82) is 0 Å². The third kappa shape index (κ3) is 3.17. The van der Waals surface area contributed by atoms with Crippen molar-refractivity contribution in [3.05, 3.63) is 36.0 Å². The van der Waals surface area contributed by atoms with Crippen LogP contribution in [-0.4, -0.2) is 5.78 Å². The summed E-state index contributed by atoms with van der Waals surface area (Å²) in [5, 5.41) is 0. The number of ketones is 1. The van der Waals surface area contributed by atoms with Crippen molar-refractivity contribution in [3.63, 3.8) is 0 Å². The summed E-state index contributed by atoms with van der Waals surface area (Å²) in [5.41, 5.74) is 1.82. The van der Waals surface area contributed by atoms with Crippen LogP contribution in [0.3, 0.4) is 0 Å². The van der Waals surface area contributed by atoms with Gasteiger partial charge in [0.25, 0.3) is 0 Å². The van der Waals surface area contributed by atoms with E-state index in [-0.39, 0.29) is 11.2 Å². The predicted octanol–water partition coefficient (Wildman–Crippen LogP) is 7.15. The average Bonchev–Trinajstić information content (AvgIpc) is 2.99. The number of rotatable bonds is 5. The highest BCUT2D eigenvalue weighted by atomic mass is 16.1. The van der Waals surface area contributed by atoms with Gasteiger partial charge in [0.05, 0.1) is 0 Å². The van der Waals surface area contributed by atoms with E-state index in [4.69, 9.17) is 0 Å². The lowest BCUT2D eigenvalue weighted by molar-refractivity contribution is -0.110. The Bertz CT molecular complexity index is 710. The van der Waals surface area contributed by atoms with Crippen LogP contribution in [0.25, 0.3) is 0 Å². The molecule has 1 heteroatoms. The lowest BCUT2D eigenvalue weighted by Gasteiger charge is -2.55. The highest BCUT2D eigenvalue weighted by Crippen LogP contribution is 2.65. The lowest BCUT2D eigenvalue weighted by Crippen LogP contribution is -2.48. The van der Waals surface area contributed by atoms with Crippen LogP contribution in [0.1, 0.15) is 79.6 Å². The summed E-state index contributed by atoms with van der Waals surface area (Å²) in [6.07, 6.45) is 20.4. The second kappa shape index (κ2) is 7.29. The van der Waals surface area contributed by atoms with Crippen molar-refractivity contribution in [1.82, 2.24) is 0 Å². The largest absolute Gasteiger partial charge is 0.290 e. The highest BCUT2D eigenvalue weighted by molar-refractivity contribution is 6.01. The van der Waals surface area contributed by atoms with Crippen molar-refractivity contribution in [2.75, 3.05) is 0 Å². The van der Waals surface area contributed by atoms with Gasteiger partial charge in [0.1, 0.15) is 0 Å². The summed E-state index contributed by atoms with van der Waals surface area (Å²) in [6.45, 7) is 12.3. The Morgan fingerprint density at radius 2 is 1.82 bits per heavy atom. The predicted molar refractivity (Wildman–Crippen MR) is 118 cm³/mol. The van der Waals surface area contributed by atoms with Crippen LogP contribution >= 0.6 is 0 Å². The van der Waals surface area contributed by atoms with Gasteiger partial charge in [0, 0.05) is 5.41 Å². The Kier molecular flexibility index (Phi) is 5.26. The maximum absolute atomic E-state index is 11.9. The number of hydrogen-bond donors (Lipinski definition) is 0. The van der Waals surface area contributed by atoms with Gasteiger partial charge in [-0.25, -0.2) is 0 Å². The van der Waals surface area contributed by atoms with Crippen LogP contribution in [0.4, 0.5) is 0 Å². The second-order valence-corrected chi connectivity index (χ2v) is 11.3. The zero-order chi connectivity index (χ0) is 20.1. The Hall–Kier alpha value is -1.11. The molecule has 28 heavy (non-hydrogen) atoms. The number of hydrogen-bond acceptors (Lipinski definition) is 1. The Morgan fingerprint density at radius 1 is 1.04 bits per heavy atom. The minimum atomic E-state index is 0.0651. The van der Waals surface area contributed by atoms with E-state index in [1.165, 1.54) is 50.5 Å². The fourth-order valence-electron chi connectivity index (χ4n) is 7.68. The lowest BCUT2D eigenvalue weighted by atomic mass is 9.49. The number of allylic oxidation sites excluding steroid dienone is 6. The second-order valence-electron chi connectivity index (χ2n) is 11.3. The molecule has 0 amide bonds. The molecule has 0 aliphatic heterocycles. The quantitative estimate of drug-likeness (QED) is 0.495. The van der Waals surface area contributed by atoms with Gasteiger partial charge in [-0.3, -0.25) is 4.79 Å². The number of fused-ring (bicyclic) bond motifs is 5. The summed E-state index contributed by atoms with van der Waals surface area (Å²) in [7, 11) is 0. The van der Waals surface area contributed by atoms with E-state index in [0.29, 0.717) is 17.3 Å². The van der Waals surface area contributed by atoms with Gasteiger partial charge in [-0.15, -0.1) is 0 Å². The third-order valence-electron chi connectivity index (χ3n) is 9.32. The van der Waals surface area contributed by atoms with Gasteiger partial charge < -0.3 is 0 Å². The molecule has 4 rings (SSSR count). The van der Waals surface area contributed by atoms with E-state index >= 15 is 0 Å². The molecular formula is C27H40O. The first-order chi connectivity index (χ1) is 13.3. The third-order valence-corrected chi connectivity index (χ3v) is 9.32. The first kappa shape index (κ1) is 20.2. The molecule has 0 spiro atoms. The normalized spacial score (nSPS) is 42.8. The first-order valence-corrected chi connectivity index (χ1v) is 11.9. The summed E-state index contributed by atoms with van der Waals surface area (Å²) in [6, 6.07) is 0. The fourth-order valence-corrected chi connectivity index (χ4v) is 7.68. The van der Waals surface area contributed by atoms with Crippen LogP contribution in [0.2, 0.25) is 0 Å². The topological polar surface area (TPSA) is 17.1 Å². The van der Waals surface area contributed by atoms with Crippen molar-refractivity contribution < 1.29 is 4.79 Å². The highest BCUT2D eigenvalue weighted by Gasteiger charge is 2.57. The van der Waals surface area contributed by atoms with E-state index in [9.17, 15) is 4.79 Å². The number of carbonyl (C=O) groups is 1. The van der Waals surface area contributed by atoms with E-state index < -0.39 is 0 Å². The molecule has 0 radical (unpaired) electrons. The molecule has 0 heterocycles. The monoisotopic (exact) mass is 380 g/mol.